The Balaban J connectivity index is 1.50. The normalized spacial score (nSPS) is 16.3. The summed E-state index contributed by atoms with van der Waals surface area (Å²) >= 11 is 0. The first-order chi connectivity index (χ1) is 19.6. The van der Waals surface area contributed by atoms with Gasteiger partial charge in [0.15, 0.2) is 23.1 Å². The Morgan fingerprint density at radius 3 is 1.78 bits per heavy atom. The lowest BCUT2D eigenvalue weighted by Gasteiger charge is -2.18. The highest BCUT2D eigenvalue weighted by molar-refractivity contribution is 6.50. The van der Waals surface area contributed by atoms with Gasteiger partial charge in [-0.05, 0) is 58.3 Å². The minimum atomic E-state index is -0.887. The van der Waals surface area contributed by atoms with Gasteiger partial charge in [0.05, 0.1) is 7.11 Å². The van der Waals surface area contributed by atoms with Crippen molar-refractivity contribution in [3.8, 4) is 0 Å². The first-order valence-electron chi connectivity index (χ1n) is 14.4. The van der Waals surface area contributed by atoms with E-state index in [4.69, 9.17) is 9.47 Å². The third kappa shape index (κ3) is 9.99. The maximum Gasteiger partial charge on any atom is 0.308 e. The van der Waals surface area contributed by atoms with Crippen LogP contribution in [0.15, 0.2) is 58.0 Å². The molecule has 0 aromatic heterocycles. The maximum atomic E-state index is 12.3. The predicted molar refractivity (Wildman–Crippen MR) is 153 cm³/mol. The predicted octanol–water partition coefficient (Wildman–Crippen LogP) is 6.30. The highest BCUT2D eigenvalue weighted by Gasteiger charge is 2.35. The van der Waals surface area contributed by atoms with Crippen molar-refractivity contribution in [3.05, 3.63) is 58.0 Å². The second kappa shape index (κ2) is 17.1. The van der Waals surface area contributed by atoms with E-state index in [0.29, 0.717) is 19.3 Å². The highest BCUT2D eigenvalue weighted by Crippen LogP contribution is 2.28. The number of ketones is 4. The molecular formula is C32H42O9. The number of carbonyl (C=O) groups is 5. The van der Waals surface area contributed by atoms with Crippen molar-refractivity contribution < 1.29 is 43.7 Å². The topological polar surface area (TPSA) is 144 Å². The molecule has 0 heterocycles. The fourth-order valence-corrected chi connectivity index (χ4v) is 4.81. The molecule has 2 aliphatic carbocycles. The zero-order valence-electron chi connectivity index (χ0n) is 24.4. The van der Waals surface area contributed by atoms with Crippen LogP contribution < -0.4 is 0 Å². The molecule has 41 heavy (non-hydrogen) atoms. The Bertz CT molecular complexity index is 1180. The van der Waals surface area contributed by atoms with Crippen molar-refractivity contribution in [2.24, 2.45) is 0 Å². The molecule has 0 aromatic carbocycles. The highest BCUT2D eigenvalue weighted by atomic mass is 16.5. The SMILES string of the molecule is COC1=CC(=O)C(CCCCCCC/C=C\CCCCCCCC2=C(O)C(C)=C(OC(C)=O)C(=O)C2=O)=C(O)C1=O. The van der Waals surface area contributed by atoms with Gasteiger partial charge in [-0.2, -0.15) is 0 Å². The number of methoxy groups -OCH3 is 1. The second-order valence-corrected chi connectivity index (χ2v) is 10.4. The van der Waals surface area contributed by atoms with Gasteiger partial charge in [0.2, 0.25) is 5.78 Å². The summed E-state index contributed by atoms with van der Waals surface area (Å²) in [5.41, 5.74) is 0.392. The molecule has 0 unspecified atom stereocenters. The van der Waals surface area contributed by atoms with Crippen LogP contribution in [-0.2, 0) is 33.4 Å². The number of carbonyl (C=O) groups excluding carboxylic acids is 5. The summed E-state index contributed by atoms with van der Waals surface area (Å²) in [5, 5.41) is 20.3. The number of hydrogen-bond acceptors (Lipinski definition) is 9. The van der Waals surface area contributed by atoms with Crippen molar-refractivity contribution in [1.29, 1.82) is 0 Å². The van der Waals surface area contributed by atoms with Gasteiger partial charge in [0.1, 0.15) is 5.76 Å². The summed E-state index contributed by atoms with van der Waals surface area (Å²) in [4.78, 5) is 59.6. The first kappa shape index (κ1) is 33.5. The van der Waals surface area contributed by atoms with E-state index in [2.05, 4.69) is 12.2 Å². The molecule has 0 radical (unpaired) electrons. The molecule has 2 rings (SSSR count). The van der Waals surface area contributed by atoms with Crippen molar-refractivity contribution in [2.75, 3.05) is 7.11 Å². The second-order valence-electron chi connectivity index (χ2n) is 10.4. The molecular weight excluding hydrogens is 528 g/mol. The van der Waals surface area contributed by atoms with Crippen molar-refractivity contribution in [2.45, 2.75) is 104 Å². The van der Waals surface area contributed by atoms with Gasteiger partial charge in [0.25, 0.3) is 11.6 Å². The van der Waals surface area contributed by atoms with E-state index in [1.54, 1.807) is 0 Å². The number of rotatable bonds is 18. The average Bonchev–Trinajstić information content (AvgIpc) is 2.94. The van der Waals surface area contributed by atoms with E-state index in [0.717, 1.165) is 83.6 Å². The average molecular weight is 571 g/mol. The molecule has 0 amide bonds. The van der Waals surface area contributed by atoms with E-state index in [9.17, 15) is 34.2 Å². The van der Waals surface area contributed by atoms with Crippen LogP contribution in [0.4, 0.5) is 0 Å². The fraction of sp³-hybridized carbons (Fsp3) is 0.531. The number of aliphatic hydroxyl groups is 2. The van der Waals surface area contributed by atoms with Gasteiger partial charge in [-0.3, -0.25) is 24.0 Å². The largest absolute Gasteiger partial charge is 0.507 e. The molecule has 0 bridgehead atoms. The van der Waals surface area contributed by atoms with Gasteiger partial charge >= 0.3 is 5.97 Å². The van der Waals surface area contributed by atoms with E-state index >= 15 is 0 Å². The molecule has 0 spiro atoms. The lowest BCUT2D eigenvalue weighted by atomic mass is 9.90. The van der Waals surface area contributed by atoms with Crippen LogP contribution in [-0.4, -0.2) is 46.4 Å². The molecule has 224 valence electrons. The van der Waals surface area contributed by atoms with Crippen molar-refractivity contribution in [1.82, 2.24) is 0 Å². The van der Waals surface area contributed by atoms with Gasteiger partial charge < -0.3 is 19.7 Å². The Kier molecular flexibility index (Phi) is 14.0. The van der Waals surface area contributed by atoms with E-state index in [-0.39, 0.29) is 39.8 Å². The summed E-state index contributed by atoms with van der Waals surface area (Å²) in [6.45, 7) is 2.59. The quantitative estimate of drug-likeness (QED) is 0.0484. The molecule has 0 atom stereocenters. The summed E-state index contributed by atoms with van der Waals surface area (Å²) in [5.74, 6) is -4.67. The lowest BCUT2D eigenvalue weighted by molar-refractivity contribution is -0.143. The van der Waals surface area contributed by atoms with E-state index < -0.39 is 29.1 Å². The Morgan fingerprint density at radius 1 is 0.732 bits per heavy atom. The summed E-state index contributed by atoms with van der Waals surface area (Å²) in [7, 11) is 1.29. The Morgan fingerprint density at radius 2 is 1.24 bits per heavy atom. The van der Waals surface area contributed by atoms with Gasteiger partial charge in [-0.15, -0.1) is 0 Å². The zero-order chi connectivity index (χ0) is 30.4. The van der Waals surface area contributed by atoms with Gasteiger partial charge in [0, 0.05) is 29.7 Å². The van der Waals surface area contributed by atoms with Crippen LogP contribution in [0.1, 0.15) is 104 Å². The summed E-state index contributed by atoms with van der Waals surface area (Å²) in [6.07, 6.45) is 17.8. The van der Waals surface area contributed by atoms with E-state index in [1.165, 1.54) is 14.0 Å². The number of esters is 1. The third-order valence-corrected chi connectivity index (χ3v) is 7.18. The number of Topliss-reactive ketones (excluding diaryl/α,β-unsaturated/α-hetero) is 3. The summed E-state index contributed by atoms with van der Waals surface area (Å²) < 4.78 is 9.63. The van der Waals surface area contributed by atoms with Crippen LogP contribution >= 0.6 is 0 Å². The molecule has 2 aliphatic rings. The van der Waals surface area contributed by atoms with Gasteiger partial charge in [-0.25, -0.2) is 0 Å². The molecule has 2 N–H and O–H groups in total. The van der Waals surface area contributed by atoms with Gasteiger partial charge in [-0.1, -0.05) is 50.7 Å². The molecule has 0 fully saturated rings. The van der Waals surface area contributed by atoms with Crippen LogP contribution in [0, 0.1) is 0 Å². The van der Waals surface area contributed by atoms with Crippen LogP contribution in [0.3, 0.4) is 0 Å². The number of unbranched alkanes of at least 4 members (excludes halogenated alkanes) is 10. The maximum absolute atomic E-state index is 12.3. The van der Waals surface area contributed by atoms with Crippen molar-refractivity contribution >= 4 is 29.1 Å². The standard InChI is InChI=1S/C32H42O9/c1-21-27(35)24(29(37)31(39)32(21)41-22(2)33)19-17-15-13-11-9-7-5-4-6-8-10-12-14-16-18-23-25(34)20-26(40-3)30(38)28(23)36/h4-5,20,35-36H,6-19H2,1-3H3/b5-4-. The smallest absolute Gasteiger partial charge is 0.308 e. The zero-order valence-corrected chi connectivity index (χ0v) is 24.4. The number of hydrogen-bond donors (Lipinski definition) is 2. The van der Waals surface area contributed by atoms with Crippen molar-refractivity contribution in [3.63, 3.8) is 0 Å². The Hall–Kier alpha value is -3.75. The van der Waals surface area contributed by atoms with Crippen LogP contribution in [0.25, 0.3) is 0 Å². The number of allylic oxidation sites excluding steroid dienone is 7. The molecule has 0 saturated carbocycles. The Labute approximate surface area is 241 Å². The molecule has 0 saturated heterocycles. The first-order valence-corrected chi connectivity index (χ1v) is 14.4. The minimum Gasteiger partial charge on any atom is -0.507 e. The van der Waals surface area contributed by atoms with Crippen LogP contribution in [0.5, 0.6) is 0 Å². The molecule has 0 aliphatic heterocycles. The number of ether oxygens (including phenoxy) is 2. The van der Waals surface area contributed by atoms with Crippen LogP contribution in [0.2, 0.25) is 0 Å². The minimum absolute atomic E-state index is 0.0947. The molecule has 9 nitrogen and oxygen atoms in total. The van der Waals surface area contributed by atoms with E-state index in [1.807, 2.05) is 0 Å². The third-order valence-electron chi connectivity index (χ3n) is 7.18. The number of aliphatic hydroxyl groups excluding tert-OH is 2. The monoisotopic (exact) mass is 570 g/mol. The lowest BCUT2D eigenvalue weighted by Crippen LogP contribution is -2.28. The molecule has 0 aromatic rings. The summed E-state index contributed by atoms with van der Waals surface area (Å²) in [6, 6.07) is 0. The fourth-order valence-electron chi connectivity index (χ4n) is 4.81. The molecule has 9 heteroatoms.